The van der Waals surface area contributed by atoms with Crippen LogP contribution in [0.2, 0.25) is 0 Å². The van der Waals surface area contributed by atoms with Crippen molar-refractivity contribution in [1.29, 1.82) is 0 Å². The molecule has 2 aromatic rings. The zero-order valence-electron chi connectivity index (χ0n) is 10.8. The van der Waals surface area contributed by atoms with E-state index in [1.54, 1.807) is 38.3 Å². The van der Waals surface area contributed by atoms with Gasteiger partial charge in [-0.25, -0.2) is 9.36 Å². The van der Waals surface area contributed by atoms with Gasteiger partial charge in [-0.15, -0.1) is 0 Å². The highest BCUT2D eigenvalue weighted by molar-refractivity contribution is 5.44. The maximum atomic E-state index is 12.2. The van der Waals surface area contributed by atoms with E-state index in [0.29, 0.717) is 18.0 Å². The Morgan fingerprint density at radius 1 is 1.21 bits per heavy atom. The number of nitrogen functional groups attached to an aromatic ring is 1. The molecule has 0 aliphatic heterocycles. The molecule has 0 aliphatic rings. The lowest BCUT2D eigenvalue weighted by molar-refractivity contribution is 0.414. The summed E-state index contributed by atoms with van der Waals surface area (Å²) < 4.78 is 7.48. The van der Waals surface area contributed by atoms with Crippen molar-refractivity contribution in [3.05, 3.63) is 51.2 Å². The van der Waals surface area contributed by atoms with E-state index in [2.05, 4.69) is 0 Å². The number of nitrogens with two attached hydrogens (primary N) is 1. The van der Waals surface area contributed by atoms with Crippen LogP contribution in [0, 0.1) is 0 Å². The standard InChI is InChI=1S/C13H15N3O3/c1-3-15-12(17)8-11(14)16(13(15)18)9-4-6-10(19-2)7-5-9/h4-8H,3,14H2,1-2H3. The highest BCUT2D eigenvalue weighted by atomic mass is 16.5. The number of hydrogen-bond donors (Lipinski definition) is 1. The Balaban J connectivity index is 2.67. The van der Waals surface area contributed by atoms with Crippen LogP contribution in [-0.4, -0.2) is 16.2 Å². The second kappa shape index (κ2) is 5.01. The summed E-state index contributed by atoms with van der Waals surface area (Å²) >= 11 is 0. The first-order valence-corrected chi connectivity index (χ1v) is 5.85. The van der Waals surface area contributed by atoms with Crippen molar-refractivity contribution in [2.45, 2.75) is 13.5 Å². The van der Waals surface area contributed by atoms with Gasteiger partial charge in [-0.05, 0) is 31.2 Å². The van der Waals surface area contributed by atoms with Crippen molar-refractivity contribution < 1.29 is 4.74 Å². The molecule has 0 radical (unpaired) electrons. The van der Waals surface area contributed by atoms with Crippen molar-refractivity contribution in [2.75, 3.05) is 12.8 Å². The summed E-state index contributed by atoms with van der Waals surface area (Å²) in [4.78, 5) is 23.8. The molecule has 0 bridgehead atoms. The Hall–Kier alpha value is -2.50. The summed E-state index contributed by atoms with van der Waals surface area (Å²) in [6.07, 6.45) is 0. The molecule has 1 aromatic heterocycles. The second-order valence-electron chi connectivity index (χ2n) is 3.97. The second-order valence-corrected chi connectivity index (χ2v) is 3.97. The number of nitrogens with zero attached hydrogens (tertiary/aromatic N) is 2. The number of hydrogen-bond acceptors (Lipinski definition) is 4. The number of benzene rings is 1. The predicted octanol–water partition coefficient (Wildman–Crippen LogP) is 0.610. The highest BCUT2D eigenvalue weighted by Crippen LogP contribution is 2.15. The van der Waals surface area contributed by atoms with E-state index in [4.69, 9.17) is 10.5 Å². The van der Waals surface area contributed by atoms with Gasteiger partial charge in [0.2, 0.25) is 0 Å². The first-order valence-electron chi connectivity index (χ1n) is 5.85. The molecule has 0 saturated carbocycles. The Morgan fingerprint density at radius 2 is 1.84 bits per heavy atom. The van der Waals surface area contributed by atoms with Crippen LogP contribution in [0.15, 0.2) is 39.9 Å². The normalized spacial score (nSPS) is 10.4. The number of ether oxygens (including phenoxy) is 1. The molecule has 0 saturated heterocycles. The van der Waals surface area contributed by atoms with Crippen LogP contribution in [0.4, 0.5) is 5.82 Å². The summed E-state index contributed by atoms with van der Waals surface area (Å²) in [5, 5.41) is 0. The van der Waals surface area contributed by atoms with E-state index < -0.39 is 11.2 Å². The zero-order valence-corrected chi connectivity index (χ0v) is 10.8. The molecule has 0 unspecified atom stereocenters. The fourth-order valence-electron chi connectivity index (χ4n) is 1.88. The quantitative estimate of drug-likeness (QED) is 0.878. The van der Waals surface area contributed by atoms with Crippen LogP contribution in [0.3, 0.4) is 0 Å². The fraction of sp³-hybridized carbons (Fsp3) is 0.231. The van der Waals surface area contributed by atoms with Crippen molar-refractivity contribution in [2.24, 2.45) is 0 Å². The van der Waals surface area contributed by atoms with Gasteiger partial charge in [0, 0.05) is 12.6 Å². The molecule has 0 atom stereocenters. The smallest absolute Gasteiger partial charge is 0.337 e. The van der Waals surface area contributed by atoms with E-state index in [1.165, 1.54) is 10.6 Å². The van der Waals surface area contributed by atoms with Crippen LogP contribution in [0.25, 0.3) is 5.69 Å². The Bertz CT molecular complexity index is 699. The van der Waals surface area contributed by atoms with Crippen molar-refractivity contribution in [3.63, 3.8) is 0 Å². The molecule has 2 rings (SSSR count). The minimum absolute atomic E-state index is 0.116. The lowest BCUT2D eigenvalue weighted by Gasteiger charge is -2.12. The average Bonchev–Trinajstić information content (AvgIpc) is 2.39. The molecule has 2 N–H and O–H groups in total. The molecule has 1 aromatic carbocycles. The van der Waals surface area contributed by atoms with Gasteiger partial charge in [0.15, 0.2) is 0 Å². The molecular weight excluding hydrogens is 246 g/mol. The minimum Gasteiger partial charge on any atom is -0.497 e. The molecule has 1 heterocycles. The monoisotopic (exact) mass is 261 g/mol. The third-order valence-electron chi connectivity index (χ3n) is 2.86. The molecule has 6 nitrogen and oxygen atoms in total. The first-order chi connectivity index (χ1) is 9.08. The van der Waals surface area contributed by atoms with E-state index in [0.717, 1.165) is 4.57 Å². The summed E-state index contributed by atoms with van der Waals surface area (Å²) in [6.45, 7) is 2.03. The summed E-state index contributed by atoms with van der Waals surface area (Å²) in [5.41, 5.74) is 5.51. The van der Waals surface area contributed by atoms with Crippen molar-refractivity contribution >= 4 is 5.82 Å². The average molecular weight is 261 g/mol. The van der Waals surface area contributed by atoms with E-state index in [1.807, 2.05) is 0 Å². The van der Waals surface area contributed by atoms with Crippen molar-refractivity contribution in [1.82, 2.24) is 9.13 Å². The number of aromatic nitrogens is 2. The van der Waals surface area contributed by atoms with Gasteiger partial charge in [0.25, 0.3) is 5.56 Å². The first kappa shape index (κ1) is 12.9. The van der Waals surface area contributed by atoms with Gasteiger partial charge in [-0.1, -0.05) is 0 Å². The largest absolute Gasteiger partial charge is 0.497 e. The molecule has 0 spiro atoms. The molecule has 0 amide bonds. The highest BCUT2D eigenvalue weighted by Gasteiger charge is 2.09. The number of methoxy groups -OCH3 is 1. The molecule has 0 aliphatic carbocycles. The molecule has 19 heavy (non-hydrogen) atoms. The lowest BCUT2D eigenvalue weighted by Crippen LogP contribution is -2.39. The van der Waals surface area contributed by atoms with Crippen LogP contribution in [0.5, 0.6) is 5.75 Å². The maximum Gasteiger partial charge on any atom is 0.337 e. The van der Waals surface area contributed by atoms with E-state index >= 15 is 0 Å². The Labute approximate surface area is 109 Å². The molecular formula is C13H15N3O3. The molecule has 6 heteroatoms. The Kier molecular flexibility index (Phi) is 3.41. The summed E-state index contributed by atoms with van der Waals surface area (Å²) in [7, 11) is 1.56. The number of anilines is 1. The third kappa shape index (κ3) is 2.24. The lowest BCUT2D eigenvalue weighted by atomic mass is 10.3. The van der Waals surface area contributed by atoms with Crippen LogP contribution < -0.4 is 21.7 Å². The predicted molar refractivity (Wildman–Crippen MR) is 72.9 cm³/mol. The van der Waals surface area contributed by atoms with Crippen LogP contribution in [-0.2, 0) is 6.54 Å². The van der Waals surface area contributed by atoms with E-state index in [-0.39, 0.29) is 5.82 Å². The maximum absolute atomic E-state index is 12.2. The third-order valence-corrected chi connectivity index (χ3v) is 2.86. The van der Waals surface area contributed by atoms with Gasteiger partial charge in [-0.2, -0.15) is 0 Å². The fourth-order valence-corrected chi connectivity index (χ4v) is 1.88. The zero-order chi connectivity index (χ0) is 14.0. The molecule has 100 valence electrons. The van der Waals surface area contributed by atoms with Gasteiger partial charge < -0.3 is 10.5 Å². The van der Waals surface area contributed by atoms with Crippen LogP contribution >= 0.6 is 0 Å². The van der Waals surface area contributed by atoms with Crippen LogP contribution in [0.1, 0.15) is 6.92 Å². The topological polar surface area (TPSA) is 79.2 Å². The van der Waals surface area contributed by atoms with E-state index in [9.17, 15) is 9.59 Å². The molecule has 0 fully saturated rings. The van der Waals surface area contributed by atoms with Gasteiger partial charge in [0.1, 0.15) is 11.6 Å². The summed E-state index contributed by atoms with van der Waals surface area (Å²) in [5.74, 6) is 0.795. The van der Waals surface area contributed by atoms with Gasteiger partial charge in [0.05, 0.1) is 12.8 Å². The van der Waals surface area contributed by atoms with Crippen molar-refractivity contribution in [3.8, 4) is 11.4 Å². The SMILES string of the molecule is CCn1c(=O)cc(N)n(-c2ccc(OC)cc2)c1=O. The summed E-state index contributed by atoms with van der Waals surface area (Å²) in [6, 6.07) is 8.11. The van der Waals surface area contributed by atoms with Gasteiger partial charge >= 0.3 is 5.69 Å². The number of rotatable bonds is 3. The minimum atomic E-state index is -0.447. The Morgan fingerprint density at radius 3 is 2.37 bits per heavy atom. The van der Waals surface area contributed by atoms with Gasteiger partial charge in [-0.3, -0.25) is 9.36 Å².